The van der Waals surface area contributed by atoms with Crippen molar-refractivity contribution < 1.29 is 9.59 Å². The largest absolute Gasteiger partial charge is 0.383 e. The second kappa shape index (κ2) is 7.40. The molecule has 4 rings (SSSR count). The second-order valence-corrected chi connectivity index (χ2v) is 7.41. The van der Waals surface area contributed by atoms with Crippen LogP contribution in [0.25, 0.3) is 5.69 Å². The highest BCUT2D eigenvalue weighted by Gasteiger charge is 2.25. The van der Waals surface area contributed by atoms with E-state index in [9.17, 15) is 9.59 Å². The van der Waals surface area contributed by atoms with Gasteiger partial charge in [-0.25, -0.2) is 4.68 Å². The maximum Gasteiger partial charge on any atom is 0.251 e. The Bertz CT molecular complexity index is 1110. The Morgan fingerprint density at radius 2 is 2.14 bits per heavy atom. The van der Waals surface area contributed by atoms with Crippen molar-refractivity contribution in [1.29, 1.82) is 5.26 Å². The topological polar surface area (TPSA) is 114 Å². The van der Waals surface area contributed by atoms with E-state index in [2.05, 4.69) is 16.5 Å². The monoisotopic (exact) mass is 387 g/mol. The standard InChI is InChI=1S/C22H21N5O2/c1-13-5-6-16(22(29)26-17-7-8-17)10-19(13)27-21(24)18(12-25-27)20(28)15-4-2-3-14(9-15)11-23/h4-6,9-10,12,17H,2-3,7-8,24H2,1H3,(H,26,29). The Hall–Kier alpha value is -3.66. The molecule has 0 atom stereocenters. The fraction of sp³-hybridized carbons (Fsp3) is 0.273. The molecule has 0 unspecified atom stereocenters. The molecule has 2 aliphatic carbocycles. The van der Waals surface area contributed by atoms with Gasteiger partial charge in [0, 0.05) is 22.8 Å². The van der Waals surface area contributed by atoms with Gasteiger partial charge in [-0.15, -0.1) is 0 Å². The predicted octanol–water partition coefficient (Wildman–Crippen LogP) is 3.01. The number of benzene rings is 1. The molecule has 0 saturated heterocycles. The highest BCUT2D eigenvalue weighted by molar-refractivity contribution is 6.13. The number of ketones is 1. The number of nitrogen functional groups attached to an aromatic ring is 1. The molecule has 0 aliphatic heterocycles. The fourth-order valence-electron chi connectivity index (χ4n) is 3.30. The number of hydrogen-bond acceptors (Lipinski definition) is 5. The van der Waals surface area contributed by atoms with Crippen molar-refractivity contribution >= 4 is 17.5 Å². The molecular formula is C22H21N5O2. The molecule has 0 radical (unpaired) electrons. The molecule has 1 fully saturated rings. The Kier molecular flexibility index (Phi) is 4.77. The van der Waals surface area contributed by atoms with Gasteiger partial charge >= 0.3 is 0 Å². The SMILES string of the molecule is Cc1ccc(C(=O)NC2CC2)cc1-n1ncc(C(=O)C2=CCCC(C#N)=C2)c1N. The van der Waals surface area contributed by atoms with E-state index in [-0.39, 0.29) is 29.1 Å². The van der Waals surface area contributed by atoms with Gasteiger partial charge in [-0.2, -0.15) is 10.4 Å². The summed E-state index contributed by atoms with van der Waals surface area (Å²) in [5.74, 6) is -0.185. The lowest BCUT2D eigenvalue weighted by molar-refractivity contribution is 0.0950. The summed E-state index contributed by atoms with van der Waals surface area (Å²) in [7, 11) is 0. The molecule has 2 aliphatic rings. The summed E-state index contributed by atoms with van der Waals surface area (Å²) in [5.41, 5.74) is 9.62. The molecule has 7 nitrogen and oxygen atoms in total. The molecule has 1 saturated carbocycles. The average Bonchev–Trinajstić information content (AvgIpc) is 3.47. The lowest BCUT2D eigenvalue weighted by Gasteiger charge is -2.12. The van der Waals surface area contributed by atoms with Gasteiger partial charge in [0.05, 0.1) is 23.5 Å². The fourth-order valence-corrected chi connectivity index (χ4v) is 3.30. The third-order valence-corrected chi connectivity index (χ3v) is 5.18. The van der Waals surface area contributed by atoms with Crippen LogP contribution >= 0.6 is 0 Å². The van der Waals surface area contributed by atoms with E-state index in [1.54, 1.807) is 18.2 Å². The summed E-state index contributed by atoms with van der Waals surface area (Å²) < 4.78 is 1.48. The molecule has 29 heavy (non-hydrogen) atoms. The van der Waals surface area contributed by atoms with Crippen LogP contribution in [0.4, 0.5) is 5.82 Å². The second-order valence-electron chi connectivity index (χ2n) is 7.41. The van der Waals surface area contributed by atoms with Crippen LogP contribution in [0.2, 0.25) is 0 Å². The smallest absolute Gasteiger partial charge is 0.251 e. The van der Waals surface area contributed by atoms with Gasteiger partial charge in [-0.05, 0) is 56.4 Å². The predicted molar refractivity (Wildman–Crippen MR) is 109 cm³/mol. The number of aromatic nitrogens is 2. The number of hydrogen-bond donors (Lipinski definition) is 2. The number of allylic oxidation sites excluding steroid dienone is 4. The number of anilines is 1. The Morgan fingerprint density at radius 3 is 2.86 bits per heavy atom. The van der Waals surface area contributed by atoms with Gasteiger partial charge in [-0.1, -0.05) is 12.1 Å². The molecule has 1 amide bonds. The Balaban J connectivity index is 1.66. The zero-order valence-electron chi connectivity index (χ0n) is 16.1. The number of amides is 1. The average molecular weight is 387 g/mol. The number of nitrogens with zero attached hydrogens (tertiary/aromatic N) is 3. The maximum atomic E-state index is 12.9. The van der Waals surface area contributed by atoms with Crippen LogP contribution in [0.15, 0.2) is 47.7 Å². The number of aryl methyl sites for hydroxylation is 1. The number of nitrogens with one attached hydrogen (secondary N) is 1. The van der Waals surface area contributed by atoms with Crippen molar-refractivity contribution in [2.45, 2.75) is 38.6 Å². The molecule has 1 aromatic heterocycles. The molecule has 0 spiro atoms. The van der Waals surface area contributed by atoms with Gasteiger partial charge in [0.15, 0.2) is 5.78 Å². The van der Waals surface area contributed by atoms with E-state index in [0.29, 0.717) is 35.2 Å². The summed E-state index contributed by atoms with van der Waals surface area (Å²) in [6.45, 7) is 1.89. The van der Waals surface area contributed by atoms with E-state index in [1.165, 1.54) is 10.9 Å². The van der Waals surface area contributed by atoms with Gasteiger partial charge in [0.2, 0.25) is 0 Å². The van der Waals surface area contributed by atoms with E-state index >= 15 is 0 Å². The number of rotatable bonds is 5. The van der Waals surface area contributed by atoms with Crippen LogP contribution in [0, 0.1) is 18.3 Å². The van der Waals surface area contributed by atoms with Crippen LogP contribution < -0.4 is 11.1 Å². The molecule has 2 aromatic rings. The zero-order valence-corrected chi connectivity index (χ0v) is 16.1. The first kappa shape index (κ1) is 18.7. The summed E-state index contributed by atoms with van der Waals surface area (Å²) >= 11 is 0. The Morgan fingerprint density at radius 1 is 1.34 bits per heavy atom. The van der Waals surface area contributed by atoms with Crippen molar-refractivity contribution in [2.75, 3.05) is 5.73 Å². The van der Waals surface area contributed by atoms with E-state index in [0.717, 1.165) is 18.4 Å². The van der Waals surface area contributed by atoms with Crippen molar-refractivity contribution in [1.82, 2.24) is 15.1 Å². The molecular weight excluding hydrogens is 366 g/mol. The number of Topliss-reactive ketones (excluding diaryl/α,β-unsaturated/α-hetero) is 1. The summed E-state index contributed by atoms with van der Waals surface area (Å²) in [6.07, 6.45) is 8.16. The lowest BCUT2D eigenvalue weighted by atomic mass is 9.95. The van der Waals surface area contributed by atoms with Gasteiger partial charge in [0.1, 0.15) is 5.82 Å². The van der Waals surface area contributed by atoms with Crippen LogP contribution in [-0.2, 0) is 0 Å². The summed E-state index contributed by atoms with van der Waals surface area (Å²) in [4.78, 5) is 25.3. The highest BCUT2D eigenvalue weighted by atomic mass is 16.1. The first-order chi connectivity index (χ1) is 14.0. The van der Waals surface area contributed by atoms with Crippen molar-refractivity contribution in [3.8, 4) is 11.8 Å². The van der Waals surface area contributed by atoms with Crippen LogP contribution in [0.5, 0.6) is 0 Å². The Labute approximate surface area is 168 Å². The van der Waals surface area contributed by atoms with Gasteiger partial charge in [0.25, 0.3) is 5.91 Å². The quantitative estimate of drug-likeness (QED) is 0.766. The highest BCUT2D eigenvalue weighted by Crippen LogP contribution is 2.26. The van der Waals surface area contributed by atoms with Crippen LogP contribution in [-0.4, -0.2) is 27.5 Å². The maximum absolute atomic E-state index is 12.9. The first-order valence-corrected chi connectivity index (χ1v) is 9.59. The summed E-state index contributed by atoms with van der Waals surface area (Å²) in [6, 6.07) is 7.71. The number of nitrogens with two attached hydrogens (primary N) is 1. The van der Waals surface area contributed by atoms with Crippen LogP contribution in [0.1, 0.15) is 52.0 Å². The van der Waals surface area contributed by atoms with E-state index < -0.39 is 0 Å². The first-order valence-electron chi connectivity index (χ1n) is 9.59. The van der Waals surface area contributed by atoms with E-state index in [4.69, 9.17) is 11.0 Å². The number of carbonyl (C=O) groups excluding carboxylic acids is 2. The molecule has 7 heteroatoms. The molecule has 1 heterocycles. The number of nitriles is 1. The minimum absolute atomic E-state index is 0.127. The minimum Gasteiger partial charge on any atom is -0.383 e. The normalized spacial score (nSPS) is 15.9. The zero-order chi connectivity index (χ0) is 20.5. The minimum atomic E-state index is -0.263. The third kappa shape index (κ3) is 3.69. The molecule has 0 bridgehead atoms. The van der Waals surface area contributed by atoms with Crippen LogP contribution in [0.3, 0.4) is 0 Å². The molecule has 1 aromatic carbocycles. The van der Waals surface area contributed by atoms with Crippen molar-refractivity contribution in [3.05, 3.63) is 64.4 Å². The van der Waals surface area contributed by atoms with E-state index in [1.807, 2.05) is 19.1 Å². The molecule has 3 N–H and O–H groups in total. The molecule has 146 valence electrons. The third-order valence-electron chi connectivity index (χ3n) is 5.18. The number of carbonyl (C=O) groups is 2. The van der Waals surface area contributed by atoms with Gasteiger partial charge < -0.3 is 11.1 Å². The van der Waals surface area contributed by atoms with Crippen molar-refractivity contribution in [2.24, 2.45) is 0 Å². The van der Waals surface area contributed by atoms with Crippen molar-refractivity contribution in [3.63, 3.8) is 0 Å². The summed E-state index contributed by atoms with van der Waals surface area (Å²) in [5, 5.41) is 16.4. The van der Waals surface area contributed by atoms with Gasteiger partial charge in [-0.3, -0.25) is 9.59 Å². The lowest BCUT2D eigenvalue weighted by Crippen LogP contribution is -2.25.